The van der Waals surface area contributed by atoms with Crippen LogP contribution in [-0.4, -0.2) is 44.7 Å². The van der Waals surface area contributed by atoms with E-state index < -0.39 is 35.8 Å². The number of H-pyrrole nitrogens is 1. The standard InChI is InChI=1S/C18H17Cl3N2O6/c19-4-3-9-6-23(18(27)22-16(9)26)17-15(25)14(24)13(29-17)8-28-7-10-1-2-11(20)5-12(10)21/h1-6,13-15,17,24-25H,7-8H2,(H,22,26,27)/b4-3+/t13-,14-,15+,17-/m1/s1. The molecule has 0 spiro atoms. The van der Waals surface area contributed by atoms with E-state index in [0.717, 1.165) is 10.1 Å². The minimum Gasteiger partial charge on any atom is -0.387 e. The van der Waals surface area contributed by atoms with Gasteiger partial charge in [-0.25, -0.2) is 4.79 Å². The van der Waals surface area contributed by atoms with Gasteiger partial charge in [-0.2, -0.15) is 0 Å². The van der Waals surface area contributed by atoms with Crippen molar-refractivity contribution in [1.29, 1.82) is 0 Å². The number of nitrogens with one attached hydrogen (secondary N) is 1. The SMILES string of the molecule is O=c1[nH]c(=O)n([C@@H]2O[C@H](COCc3ccc(Cl)cc3Cl)[C@@H](O)[C@@H]2O)cc1/C=C/Cl. The highest BCUT2D eigenvalue weighted by Gasteiger charge is 2.44. The Morgan fingerprint density at radius 2 is 2.00 bits per heavy atom. The van der Waals surface area contributed by atoms with Crippen molar-refractivity contribution in [3.63, 3.8) is 0 Å². The van der Waals surface area contributed by atoms with Crippen molar-refractivity contribution < 1.29 is 19.7 Å². The Balaban J connectivity index is 1.71. The molecule has 1 aromatic carbocycles. The third-order valence-corrected chi connectivity index (χ3v) is 5.12. The molecule has 11 heteroatoms. The third kappa shape index (κ3) is 4.92. The van der Waals surface area contributed by atoms with E-state index >= 15 is 0 Å². The lowest BCUT2D eigenvalue weighted by Gasteiger charge is -2.17. The fourth-order valence-corrected chi connectivity index (χ4v) is 3.50. The van der Waals surface area contributed by atoms with E-state index in [2.05, 4.69) is 4.98 Å². The molecule has 3 N–H and O–H groups in total. The topological polar surface area (TPSA) is 114 Å². The number of hydrogen-bond acceptors (Lipinski definition) is 6. The second-order valence-electron chi connectivity index (χ2n) is 6.34. The Morgan fingerprint density at radius 1 is 1.24 bits per heavy atom. The van der Waals surface area contributed by atoms with Crippen LogP contribution in [0.1, 0.15) is 17.4 Å². The first-order valence-electron chi connectivity index (χ1n) is 8.47. The molecule has 1 saturated heterocycles. The summed E-state index contributed by atoms with van der Waals surface area (Å²) in [5.74, 6) is 0. The monoisotopic (exact) mass is 462 g/mol. The molecule has 4 atom stereocenters. The number of aliphatic hydroxyl groups is 2. The summed E-state index contributed by atoms with van der Waals surface area (Å²) in [6.07, 6.45) is -2.38. The minimum absolute atomic E-state index is 0.0692. The number of aromatic nitrogens is 2. The molecule has 0 bridgehead atoms. The molecule has 0 amide bonds. The van der Waals surface area contributed by atoms with Gasteiger partial charge in [-0.3, -0.25) is 14.3 Å². The van der Waals surface area contributed by atoms with Crippen LogP contribution in [0, 0.1) is 0 Å². The normalized spacial score (nSPS) is 24.4. The van der Waals surface area contributed by atoms with Gasteiger partial charge in [0.15, 0.2) is 6.23 Å². The summed E-state index contributed by atoms with van der Waals surface area (Å²) in [6, 6.07) is 4.96. The van der Waals surface area contributed by atoms with Gasteiger partial charge in [-0.15, -0.1) is 0 Å². The van der Waals surface area contributed by atoms with Crippen LogP contribution in [0.15, 0.2) is 39.5 Å². The summed E-state index contributed by atoms with van der Waals surface area (Å²) in [4.78, 5) is 26.0. The van der Waals surface area contributed by atoms with Gasteiger partial charge < -0.3 is 19.7 Å². The smallest absolute Gasteiger partial charge is 0.330 e. The van der Waals surface area contributed by atoms with E-state index in [1.807, 2.05) is 0 Å². The van der Waals surface area contributed by atoms with Crippen molar-refractivity contribution in [2.45, 2.75) is 31.1 Å². The fraction of sp³-hybridized carbons (Fsp3) is 0.333. The maximum absolute atomic E-state index is 12.1. The number of rotatable bonds is 6. The van der Waals surface area contributed by atoms with Crippen LogP contribution >= 0.6 is 34.8 Å². The summed E-state index contributed by atoms with van der Waals surface area (Å²) in [5, 5.41) is 21.5. The average Bonchev–Trinajstić information content (AvgIpc) is 2.94. The van der Waals surface area contributed by atoms with Gasteiger partial charge in [-0.05, 0) is 23.8 Å². The van der Waals surface area contributed by atoms with Crippen molar-refractivity contribution in [3.05, 3.63) is 71.9 Å². The van der Waals surface area contributed by atoms with Crippen LogP contribution in [0.2, 0.25) is 10.0 Å². The lowest BCUT2D eigenvalue weighted by molar-refractivity contribution is -0.0711. The Morgan fingerprint density at radius 3 is 2.69 bits per heavy atom. The van der Waals surface area contributed by atoms with Crippen molar-refractivity contribution in [3.8, 4) is 0 Å². The van der Waals surface area contributed by atoms with Gasteiger partial charge in [0.25, 0.3) is 5.56 Å². The van der Waals surface area contributed by atoms with Gasteiger partial charge in [0.1, 0.15) is 18.3 Å². The summed E-state index contributed by atoms with van der Waals surface area (Å²) < 4.78 is 12.1. The molecular formula is C18H17Cl3N2O6. The highest BCUT2D eigenvalue weighted by molar-refractivity contribution is 6.35. The van der Waals surface area contributed by atoms with E-state index in [0.29, 0.717) is 15.6 Å². The number of ether oxygens (including phenoxy) is 2. The van der Waals surface area contributed by atoms with Gasteiger partial charge in [0.2, 0.25) is 0 Å². The molecule has 1 aromatic heterocycles. The Labute approximate surface area is 179 Å². The van der Waals surface area contributed by atoms with Crippen LogP contribution in [0.5, 0.6) is 0 Å². The second kappa shape index (κ2) is 9.44. The lowest BCUT2D eigenvalue weighted by atomic mass is 10.1. The molecule has 1 aliphatic heterocycles. The first kappa shape index (κ1) is 22.0. The van der Waals surface area contributed by atoms with Crippen molar-refractivity contribution in [2.75, 3.05) is 6.61 Å². The van der Waals surface area contributed by atoms with Gasteiger partial charge in [-0.1, -0.05) is 40.9 Å². The van der Waals surface area contributed by atoms with E-state index in [1.54, 1.807) is 18.2 Å². The molecule has 2 aromatic rings. The number of nitrogens with zero attached hydrogens (tertiary/aromatic N) is 1. The lowest BCUT2D eigenvalue weighted by Crippen LogP contribution is -2.38. The quantitative estimate of drug-likeness (QED) is 0.603. The summed E-state index contributed by atoms with van der Waals surface area (Å²) in [6.45, 7) is 0.0623. The largest absolute Gasteiger partial charge is 0.387 e. The number of aromatic amines is 1. The average molecular weight is 464 g/mol. The highest BCUT2D eigenvalue weighted by atomic mass is 35.5. The molecule has 3 rings (SSSR count). The minimum atomic E-state index is -1.42. The molecule has 2 heterocycles. The molecule has 0 saturated carbocycles. The first-order chi connectivity index (χ1) is 13.8. The van der Waals surface area contributed by atoms with E-state index in [-0.39, 0.29) is 18.8 Å². The Kier molecular flexibility index (Phi) is 7.18. The number of aliphatic hydroxyl groups excluding tert-OH is 2. The predicted octanol–water partition coefficient (Wildman–Crippen LogP) is 1.89. The van der Waals surface area contributed by atoms with E-state index in [4.69, 9.17) is 44.3 Å². The molecule has 1 fully saturated rings. The zero-order chi connectivity index (χ0) is 21.1. The van der Waals surface area contributed by atoms with E-state index in [1.165, 1.54) is 12.3 Å². The van der Waals surface area contributed by atoms with Crippen LogP contribution in [0.25, 0.3) is 6.08 Å². The van der Waals surface area contributed by atoms with Gasteiger partial charge in [0.05, 0.1) is 18.8 Å². The van der Waals surface area contributed by atoms with E-state index in [9.17, 15) is 19.8 Å². The summed E-state index contributed by atoms with van der Waals surface area (Å²) >= 11 is 17.4. The van der Waals surface area contributed by atoms with Gasteiger partial charge >= 0.3 is 5.69 Å². The molecule has 8 nitrogen and oxygen atoms in total. The third-order valence-electron chi connectivity index (χ3n) is 4.40. The number of hydrogen-bond donors (Lipinski definition) is 3. The van der Waals surface area contributed by atoms with Crippen LogP contribution < -0.4 is 11.2 Å². The molecule has 156 valence electrons. The number of halogens is 3. The van der Waals surface area contributed by atoms with Crippen LogP contribution in [0.3, 0.4) is 0 Å². The van der Waals surface area contributed by atoms with Crippen molar-refractivity contribution in [1.82, 2.24) is 9.55 Å². The molecular weight excluding hydrogens is 447 g/mol. The van der Waals surface area contributed by atoms with Crippen molar-refractivity contribution >= 4 is 40.9 Å². The maximum Gasteiger partial charge on any atom is 0.330 e. The Hall–Kier alpha value is -1.65. The highest BCUT2D eigenvalue weighted by Crippen LogP contribution is 2.29. The zero-order valence-corrected chi connectivity index (χ0v) is 17.1. The fourth-order valence-electron chi connectivity index (χ4n) is 2.90. The Bertz CT molecular complexity index is 1020. The molecule has 0 radical (unpaired) electrons. The summed E-state index contributed by atoms with van der Waals surface area (Å²) in [7, 11) is 0. The predicted molar refractivity (Wildman–Crippen MR) is 108 cm³/mol. The van der Waals surface area contributed by atoms with Crippen LogP contribution in [-0.2, 0) is 16.1 Å². The van der Waals surface area contributed by atoms with Crippen molar-refractivity contribution in [2.24, 2.45) is 0 Å². The van der Waals surface area contributed by atoms with Crippen LogP contribution in [0.4, 0.5) is 0 Å². The molecule has 0 aliphatic carbocycles. The second-order valence-corrected chi connectivity index (χ2v) is 7.44. The zero-order valence-electron chi connectivity index (χ0n) is 14.8. The molecule has 0 unspecified atom stereocenters. The number of benzene rings is 1. The first-order valence-corrected chi connectivity index (χ1v) is 9.66. The molecule has 1 aliphatic rings. The molecule has 29 heavy (non-hydrogen) atoms. The maximum atomic E-state index is 12.1. The van der Waals surface area contributed by atoms with Gasteiger partial charge in [0, 0.05) is 21.8 Å². The summed E-state index contributed by atoms with van der Waals surface area (Å²) in [5.41, 5.74) is 0.444.